The van der Waals surface area contributed by atoms with Gasteiger partial charge in [0.25, 0.3) is 0 Å². The fourth-order valence-corrected chi connectivity index (χ4v) is 0.349. The summed E-state index contributed by atoms with van der Waals surface area (Å²) in [7, 11) is 0. The summed E-state index contributed by atoms with van der Waals surface area (Å²) in [5, 5.41) is 3.40. The fraction of sp³-hybridized carbons (Fsp3) is 0.667. The molecule has 10 heavy (non-hydrogen) atoms. The van der Waals surface area contributed by atoms with Crippen LogP contribution in [0, 0.1) is 5.41 Å². The first-order valence-corrected chi connectivity index (χ1v) is 3.82. The molecule has 0 saturated carbocycles. The summed E-state index contributed by atoms with van der Waals surface area (Å²) in [5.41, 5.74) is 0.0956. The van der Waals surface area contributed by atoms with Gasteiger partial charge in [-0.2, -0.15) is 0 Å². The second-order valence-electron chi connectivity index (χ2n) is 2.87. The molecule has 0 aliphatic rings. The van der Waals surface area contributed by atoms with Crippen molar-refractivity contribution in [2.45, 2.75) is 20.8 Å². The minimum absolute atomic E-state index is 0.0956. The van der Waals surface area contributed by atoms with Crippen LogP contribution >= 0.6 is 0 Å². The Labute approximate surface area is 71.8 Å². The first-order valence-electron chi connectivity index (χ1n) is 2.81. The van der Waals surface area contributed by atoms with E-state index in [1.165, 1.54) is 0 Å². The third-order valence-corrected chi connectivity index (χ3v) is 0.802. The molecule has 0 aliphatic carbocycles. The molecule has 0 radical (unpaired) electrons. The van der Waals surface area contributed by atoms with Crippen LogP contribution in [0.2, 0.25) is 0 Å². The molecule has 0 unspecified atom stereocenters. The van der Waals surface area contributed by atoms with Gasteiger partial charge in [0.05, 0.1) is 0 Å². The monoisotopic (exact) mass is 321 g/mol. The zero-order valence-corrected chi connectivity index (χ0v) is 8.47. The van der Waals surface area contributed by atoms with Gasteiger partial charge < -0.3 is 0 Å². The Kier molecular flexibility index (Phi) is 4.42. The van der Waals surface area contributed by atoms with Crippen LogP contribution in [0.1, 0.15) is 20.8 Å². The Hall–Kier alpha value is -0.262. The molecule has 0 atom stereocenters. The maximum atomic E-state index is 4.32. The average Bonchev–Trinajstić information content (AvgIpc) is 1.78. The maximum absolute atomic E-state index is 4.32. The molecule has 0 rings (SSSR count). The van der Waals surface area contributed by atoms with Gasteiger partial charge in [-0.25, -0.2) is 0 Å². The topological polar surface area (TPSA) is 34.0 Å². The molecule has 0 fully saturated rings. The van der Waals surface area contributed by atoms with Crippen molar-refractivity contribution >= 4 is 5.87 Å². The van der Waals surface area contributed by atoms with Gasteiger partial charge in [0, 0.05) is 0 Å². The number of hydrogen-bond donors (Lipinski definition) is 0. The van der Waals surface area contributed by atoms with Crippen molar-refractivity contribution in [1.82, 2.24) is 0 Å². The third kappa shape index (κ3) is 7.74. The van der Waals surface area contributed by atoms with E-state index in [1.54, 1.807) is 19.6 Å². The van der Waals surface area contributed by atoms with E-state index >= 15 is 0 Å². The van der Waals surface area contributed by atoms with E-state index in [1.807, 2.05) is 6.08 Å². The summed E-state index contributed by atoms with van der Waals surface area (Å²) in [6.45, 7) is 6.16. The molecule has 0 N–H and O–H groups in total. The van der Waals surface area contributed by atoms with E-state index in [-0.39, 0.29) is 5.41 Å². The number of rotatable bonds is 2. The van der Waals surface area contributed by atoms with Gasteiger partial charge in [-0.3, -0.25) is 0 Å². The van der Waals surface area contributed by atoms with Crippen LogP contribution in [0.25, 0.3) is 0 Å². The standard InChI is InChI=1S/C6H10N2O.Pt/c1-6(2,3)4-5-8-9-7;/h4H,1-3H3;. The summed E-state index contributed by atoms with van der Waals surface area (Å²) < 4.78 is 3.28. The van der Waals surface area contributed by atoms with E-state index in [0.29, 0.717) is 0 Å². The molecule has 0 bridgehead atoms. The van der Waals surface area contributed by atoms with Gasteiger partial charge in [-0.1, -0.05) is 0 Å². The molecule has 0 saturated heterocycles. The molecule has 60 valence electrons. The van der Waals surface area contributed by atoms with Crippen LogP contribution in [0.15, 0.2) is 14.9 Å². The summed E-state index contributed by atoms with van der Waals surface area (Å²) in [5.74, 6) is 2.61. The van der Waals surface area contributed by atoms with Crippen LogP contribution in [0.5, 0.6) is 0 Å². The fourth-order valence-electron chi connectivity index (χ4n) is 0.256. The van der Waals surface area contributed by atoms with Crippen molar-refractivity contribution in [3.05, 3.63) is 6.08 Å². The molecule has 0 heterocycles. The van der Waals surface area contributed by atoms with Gasteiger partial charge in [-0.15, -0.1) is 0 Å². The Morgan fingerprint density at radius 3 is 2.50 bits per heavy atom. The molecule has 0 aromatic carbocycles. The quantitative estimate of drug-likeness (QED) is 0.564. The number of hydrogen-bond acceptors (Lipinski definition) is 3. The molecular formula is C6H10N2OPt. The van der Waals surface area contributed by atoms with Crippen molar-refractivity contribution in [2.24, 2.45) is 14.2 Å². The van der Waals surface area contributed by atoms with Crippen LogP contribution in [0.4, 0.5) is 0 Å². The summed E-state index contributed by atoms with van der Waals surface area (Å²) in [4.78, 5) is 4.32. The first-order chi connectivity index (χ1) is 4.56. The molecule has 3 nitrogen and oxygen atoms in total. The van der Waals surface area contributed by atoms with Crippen LogP contribution < -0.4 is 0 Å². The molecular weight excluding hydrogens is 311 g/mol. The van der Waals surface area contributed by atoms with E-state index in [0.717, 1.165) is 0 Å². The van der Waals surface area contributed by atoms with Gasteiger partial charge in [0.1, 0.15) is 0 Å². The van der Waals surface area contributed by atoms with E-state index in [9.17, 15) is 0 Å². The predicted molar refractivity (Wildman–Crippen MR) is 35.0 cm³/mol. The van der Waals surface area contributed by atoms with Crippen molar-refractivity contribution < 1.29 is 24.6 Å². The van der Waals surface area contributed by atoms with E-state index in [2.05, 4.69) is 40.4 Å². The average molecular weight is 321 g/mol. The van der Waals surface area contributed by atoms with Gasteiger partial charge in [0.2, 0.25) is 0 Å². The van der Waals surface area contributed by atoms with Crippen LogP contribution in [-0.2, 0) is 24.6 Å². The Bertz CT molecular complexity index is 165. The van der Waals surface area contributed by atoms with E-state index in [4.69, 9.17) is 0 Å². The molecule has 0 aromatic rings. The summed E-state index contributed by atoms with van der Waals surface area (Å²) in [6, 6.07) is 0. The SMILES string of the molecule is CC(C)(C)C=C=NO[N]=[Pt]. The molecule has 4 heteroatoms. The molecule has 0 spiro atoms. The molecule has 0 aliphatic heterocycles. The second-order valence-corrected chi connectivity index (χ2v) is 3.28. The number of allylic oxidation sites excluding steroid dienone is 1. The summed E-state index contributed by atoms with van der Waals surface area (Å²) >= 11 is 1.69. The van der Waals surface area contributed by atoms with Gasteiger partial charge >= 0.3 is 71.5 Å². The zero-order chi connectivity index (χ0) is 8.04. The zero-order valence-electron chi connectivity index (χ0n) is 6.20. The van der Waals surface area contributed by atoms with Gasteiger partial charge in [0.15, 0.2) is 0 Å². The van der Waals surface area contributed by atoms with Crippen molar-refractivity contribution in [2.75, 3.05) is 0 Å². The first kappa shape index (κ1) is 9.74. The Balaban J connectivity index is 3.85. The Morgan fingerprint density at radius 2 is 2.10 bits per heavy atom. The van der Waals surface area contributed by atoms with Crippen LogP contribution in [0.3, 0.4) is 0 Å². The number of nitrogens with zero attached hydrogens (tertiary/aromatic N) is 2. The van der Waals surface area contributed by atoms with Gasteiger partial charge in [-0.05, 0) is 0 Å². The van der Waals surface area contributed by atoms with Crippen molar-refractivity contribution in [3.63, 3.8) is 0 Å². The minimum atomic E-state index is 0.0956. The second kappa shape index (κ2) is 4.54. The van der Waals surface area contributed by atoms with Crippen molar-refractivity contribution in [1.29, 1.82) is 0 Å². The van der Waals surface area contributed by atoms with Crippen LogP contribution in [-0.4, -0.2) is 5.87 Å². The predicted octanol–water partition coefficient (Wildman–Crippen LogP) is 1.84. The van der Waals surface area contributed by atoms with E-state index < -0.39 is 0 Å². The normalized spacial score (nSPS) is 9.70. The third-order valence-electron chi connectivity index (χ3n) is 0.617. The Morgan fingerprint density at radius 1 is 1.50 bits per heavy atom. The molecule has 0 amide bonds. The van der Waals surface area contributed by atoms with Crippen molar-refractivity contribution in [3.8, 4) is 0 Å². The summed E-state index contributed by atoms with van der Waals surface area (Å²) in [6.07, 6.45) is 1.81. The molecule has 0 aromatic heterocycles.